The van der Waals surface area contributed by atoms with Gasteiger partial charge in [-0.15, -0.1) is 0 Å². The zero-order valence-electron chi connectivity index (χ0n) is 19.1. The molecule has 1 aromatic carbocycles. The Morgan fingerprint density at radius 1 is 1.06 bits per heavy atom. The topological polar surface area (TPSA) is 114 Å². The molecule has 2 aliphatic carbocycles. The summed E-state index contributed by atoms with van der Waals surface area (Å²) in [5.41, 5.74) is 6.87. The second kappa shape index (κ2) is 8.64. The molecule has 0 spiro atoms. The lowest BCUT2D eigenvalue weighted by Gasteiger charge is -2.33. The molecule has 33 heavy (non-hydrogen) atoms. The lowest BCUT2D eigenvalue weighted by molar-refractivity contribution is 0.0867. The van der Waals surface area contributed by atoms with Crippen molar-refractivity contribution in [3.05, 3.63) is 39.6 Å². The maximum atomic E-state index is 13.5. The summed E-state index contributed by atoms with van der Waals surface area (Å²) in [5.74, 6) is 0.140. The maximum Gasteiger partial charge on any atom is 0.334 e. The summed E-state index contributed by atoms with van der Waals surface area (Å²) in [4.78, 5) is 13.0. The number of aryl methyl sites for hydroxylation is 3. The van der Waals surface area contributed by atoms with Crippen molar-refractivity contribution in [1.82, 2.24) is 9.88 Å². The Labute approximate surface area is 194 Å². The Hall–Kier alpha value is -2.59. The molecular weight excluding hydrogens is 444 g/mol. The molecule has 0 unspecified atom stereocenters. The molecule has 1 aliphatic heterocycles. The van der Waals surface area contributed by atoms with Crippen molar-refractivity contribution >= 4 is 27.8 Å². The van der Waals surface area contributed by atoms with E-state index in [2.05, 4.69) is 21.3 Å². The predicted molar refractivity (Wildman–Crippen MR) is 124 cm³/mol. The Morgan fingerprint density at radius 2 is 1.70 bits per heavy atom. The molecule has 2 amide bonds. The number of anilines is 2. The van der Waals surface area contributed by atoms with Crippen LogP contribution in [-0.2, 0) is 40.6 Å². The lowest BCUT2D eigenvalue weighted by Crippen LogP contribution is -2.51. The van der Waals surface area contributed by atoms with E-state index in [0.717, 1.165) is 55.3 Å². The van der Waals surface area contributed by atoms with Gasteiger partial charge in [-0.2, -0.15) is 8.42 Å². The molecule has 0 radical (unpaired) electrons. The number of amides is 2. The van der Waals surface area contributed by atoms with Gasteiger partial charge in [0.25, 0.3) is 0 Å². The number of carbonyl (C=O) groups is 1. The standard InChI is InChI=1S/C23H30N4O5S/c1-14-15(2)25-32-22(14)27(18-9-11-31-12-10-18)33(29,30)26-23(28)24-21-19-7-3-5-16(19)13-17-6-4-8-20(17)21/h13,18H,3-12H2,1-2H3,(H2,24,26,28). The van der Waals surface area contributed by atoms with Crippen LogP contribution < -0.4 is 14.3 Å². The number of carbonyl (C=O) groups excluding carboxylic acids is 1. The van der Waals surface area contributed by atoms with E-state index < -0.39 is 16.2 Å². The van der Waals surface area contributed by atoms with Crippen molar-refractivity contribution in [2.45, 2.75) is 71.3 Å². The van der Waals surface area contributed by atoms with Gasteiger partial charge in [-0.1, -0.05) is 11.2 Å². The molecule has 9 nitrogen and oxygen atoms in total. The third kappa shape index (κ3) is 4.10. The number of ether oxygens (including phenoxy) is 1. The van der Waals surface area contributed by atoms with E-state index in [1.807, 2.05) is 0 Å². The summed E-state index contributed by atoms with van der Waals surface area (Å²) < 4.78 is 41.2. The number of urea groups is 1. The van der Waals surface area contributed by atoms with E-state index in [0.29, 0.717) is 37.3 Å². The maximum absolute atomic E-state index is 13.5. The summed E-state index contributed by atoms with van der Waals surface area (Å²) in [6, 6.07) is 1.13. The Balaban J connectivity index is 1.43. The first-order chi connectivity index (χ1) is 15.8. The highest BCUT2D eigenvalue weighted by molar-refractivity contribution is 7.91. The predicted octanol–water partition coefficient (Wildman–Crippen LogP) is 3.32. The molecule has 1 saturated heterocycles. The highest BCUT2D eigenvalue weighted by Crippen LogP contribution is 2.38. The van der Waals surface area contributed by atoms with Crippen LogP contribution in [0.3, 0.4) is 0 Å². The van der Waals surface area contributed by atoms with Gasteiger partial charge in [0.05, 0.1) is 11.7 Å². The summed E-state index contributed by atoms with van der Waals surface area (Å²) in [5, 5.41) is 6.83. The van der Waals surface area contributed by atoms with Gasteiger partial charge < -0.3 is 14.6 Å². The quantitative estimate of drug-likeness (QED) is 0.687. The average molecular weight is 475 g/mol. The van der Waals surface area contributed by atoms with Crippen LogP contribution in [0.4, 0.5) is 16.4 Å². The molecule has 178 valence electrons. The molecule has 1 fully saturated rings. The number of hydrogen-bond acceptors (Lipinski definition) is 6. The number of aromatic nitrogens is 1. The summed E-state index contributed by atoms with van der Waals surface area (Å²) in [7, 11) is -4.25. The van der Waals surface area contributed by atoms with Gasteiger partial charge >= 0.3 is 16.2 Å². The van der Waals surface area contributed by atoms with Gasteiger partial charge in [0, 0.05) is 24.5 Å². The van der Waals surface area contributed by atoms with Crippen LogP contribution in [0.15, 0.2) is 10.6 Å². The number of rotatable bonds is 5. The van der Waals surface area contributed by atoms with Crippen molar-refractivity contribution < 1.29 is 22.5 Å². The van der Waals surface area contributed by atoms with Crippen molar-refractivity contribution in [3.63, 3.8) is 0 Å². The molecule has 2 heterocycles. The van der Waals surface area contributed by atoms with Crippen LogP contribution in [0.5, 0.6) is 0 Å². The third-order valence-electron chi connectivity index (χ3n) is 7.05. The van der Waals surface area contributed by atoms with Crippen LogP contribution in [0.2, 0.25) is 0 Å². The van der Waals surface area contributed by atoms with E-state index in [1.54, 1.807) is 13.8 Å². The largest absolute Gasteiger partial charge is 0.381 e. The molecule has 2 N–H and O–H groups in total. The Kier molecular flexibility index (Phi) is 5.82. The number of benzene rings is 1. The Morgan fingerprint density at radius 3 is 2.27 bits per heavy atom. The fourth-order valence-corrected chi connectivity index (χ4v) is 6.65. The highest BCUT2D eigenvalue weighted by Gasteiger charge is 2.37. The van der Waals surface area contributed by atoms with Gasteiger partial charge in [-0.25, -0.2) is 13.8 Å². The normalized spacial score (nSPS) is 18.1. The number of nitrogens with one attached hydrogen (secondary N) is 2. The average Bonchev–Trinajstić information content (AvgIpc) is 3.51. The smallest absolute Gasteiger partial charge is 0.334 e. The van der Waals surface area contributed by atoms with Crippen molar-refractivity contribution in [1.29, 1.82) is 0 Å². The van der Waals surface area contributed by atoms with Gasteiger partial charge in [0.15, 0.2) is 0 Å². The minimum Gasteiger partial charge on any atom is -0.381 e. The van der Waals surface area contributed by atoms with Gasteiger partial charge in [0.2, 0.25) is 5.88 Å². The highest BCUT2D eigenvalue weighted by atomic mass is 32.2. The van der Waals surface area contributed by atoms with E-state index in [-0.39, 0.29) is 11.9 Å². The van der Waals surface area contributed by atoms with Crippen molar-refractivity contribution in [2.24, 2.45) is 0 Å². The zero-order chi connectivity index (χ0) is 23.2. The van der Waals surface area contributed by atoms with Gasteiger partial charge in [-0.3, -0.25) is 0 Å². The first-order valence-corrected chi connectivity index (χ1v) is 13.1. The van der Waals surface area contributed by atoms with Gasteiger partial charge in [-0.05, 0) is 87.5 Å². The summed E-state index contributed by atoms with van der Waals surface area (Å²) in [6.45, 7) is 4.40. The van der Waals surface area contributed by atoms with Gasteiger partial charge in [0.1, 0.15) is 0 Å². The fraction of sp³-hybridized carbons (Fsp3) is 0.565. The minimum atomic E-state index is -4.25. The second-order valence-corrected chi connectivity index (χ2v) is 10.7. The van der Waals surface area contributed by atoms with E-state index in [9.17, 15) is 13.2 Å². The van der Waals surface area contributed by atoms with E-state index in [1.165, 1.54) is 15.4 Å². The molecular formula is C23H30N4O5S. The van der Waals surface area contributed by atoms with Crippen LogP contribution in [0, 0.1) is 13.8 Å². The molecule has 0 bridgehead atoms. The van der Waals surface area contributed by atoms with Crippen LogP contribution in [-0.4, -0.2) is 38.9 Å². The first kappa shape index (κ1) is 22.2. The molecule has 3 aliphatic rings. The van der Waals surface area contributed by atoms with Crippen molar-refractivity contribution in [3.8, 4) is 0 Å². The number of fused-ring (bicyclic) bond motifs is 2. The van der Waals surface area contributed by atoms with Crippen LogP contribution >= 0.6 is 0 Å². The molecule has 5 rings (SSSR count). The monoisotopic (exact) mass is 474 g/mol. The first-order valence-electron chi connectivity index (χ1n) is 11.7. The van der Waals surface area contributed by atoms with Crippen molar-refractivity contribution in [2.75, 3.05) is 22.8 Å². The number of hydrogen-bond donors (Lipinski definition) is 2. The fourth-order valence-electron chi connectivity index (χ4n) is 5.27. The van der Waals surface area contributed by atoms with Crippen LogP contribution in [0.1, 0.15) is 59.2 Å². The van der Waals surface area contributed by atoms with E-state index >= 15 is 0 Å². The second-order valence-electron chi connectivity index (χ2n) is 9.13. The molecule has 1 aromatic heterocycles. The van der Waals surface area contributed by atoms with E-state index in [4.69, 9.17) is 9.26 Å². The molecule has 2 aromatic rings. The minimum absolute atomic E-state index is 0.140. The number of nitrogens with zero attached hydrogens (tertiary/aromatic N) is 2. The molecule has 10 heteroatoms. The van der Waals surface area contributed by atoms with Crippen LogP contribution in [0.25, 0.3) is 0 Å². The lowest BCUT2D eigenvalue weighted by atomic mass is 9.99. The zero-order valence-corrected chi connectivity index (χ0v) is 19.9. The molecule has 0 saturated carbocycles. The summed E-state index contributed by atoms with van der Waals surface area (Å²) in [6.07, 6.45) is 6.90. The SMILES string of the molecule is Cc1noc(N(C2CCOCC2)S(=O)(=O)NC(=O)Nc2c3c(cc4c2CCC4)CCC3)c1C. The molecule has 0 atom stereocenters. The summed E-state index contributed by atoms with van der Waals surface area (Å²) >= 11 is 0. The Bertz CT molecular complexity index is 1150. The third-order valence-corrected chi connectivity index (χ3v) is 8.47.